The van der Waals surface area contributed by atoms with Crippen LogP contribution in [0.3, 0.4) is 0 Å². The zero-order valence-corrected chi connectivity index (χ0v) is 21.7. The van der Waals surface area contributed by atoms with Crippen molar-refractivity contribution in [3.8, 4) is 11.3 Å². The summed E-state index contributed by atoms with van der Waals surface area (Å²) in [7, 11) is 0. The van der Waals surface area contributed by atoms with Crippen LogP contribution in [0.4, 0.5) is 0 Å². The lowest BCUT2D eigenvalue weighted by atomic mass is 9.96. The molecular formula is C27H20Cl2N2O4S. The molecule has 2 aromatic carbocycles. The maximum absolute atomic E-state index is 13.6. The van der Waals surface area contributed by atoms with Crippen LogP contribution in [0.5, 0.6) is 0 Å². The van der Waals surface area contributed by atoms with Crippen molar-refractivity contribution < 1.29 is 13.9 Å². The zero-order chi connectivity index (χ0) is 25.4. The molecule has 1 aliphatic rings. The minimum absolute atomic E-state index is 0.209. The molecule has 5 rings (SSSR count). The van der Waals surface area contributed by atoms with Crippen LogP contribution in [0.15, 0.2) is 86.1 Å². The van der Waals surface area contributed by atoms with Gasteiger partial charge in [-0.25, -0.2) is 9.79 Å². The number of fused-ring (bicyclic) bond motifs is 1. The molecule has 0 saturated carbocycles. The first-order valence-electron chi connectivity index (χ1n) is 11.2. The van der Waals surface area contributed by atoms with Gasteiger partial charge in [-0.3, -0.25) is 9.36 Å². The van der Waals surface area contributed by atoms with Crippen LogP contribution in [-0.2, 0) is 9.53 Å². The Morgan fingerprint density at radius 2 is 1.92 bits per heavy atom. The number of esters is 1. The molecule has 1 unspecified atom stereocenters. The third-order valence-electron chi connectivity index (χ3n) is 5.71. The molecule has 36 heavy (non-hydrogen) atoms. The highest BCUT2D eigenvalue weighted by atomic mass is 35.5. The van der Waals surface area contributed by atoms with Gasteiger partial charge in [-0.1, -0.05) is 58.8 Å². The summed E-state index contributed by atoms with van der Waals surface area (Å²) >= 11 is 13.4. The van der Waals surface area contributed by atoms with Crippen LogP contribution in [-0.4, -0.2) is 17.1 Å². The smallest absolute Gasteiger partial charge is 0.338 e. The predicted octanol–water partition coefficient (Wildman–Crippen LogP) is 5.37. The molecule has 0 radical (unpaired) electrons. The molecule has 0 spiro atoms. The molecule has 0 saturated heterocycles. The van der Waals surface area contributed by atoms with E-state index in [0.29, 0.717) is 42.2 Å². The number of hydrogen-bond donors (Lipinski definition) is 0. The quantitative estimate of drug-likeness (QED) is 0.320. The SMILES string of the molecule is CCOC(=O)C1=C(C)N=c2s/c(=C/c3ccc(-c4cccc(Cl)c4)o3)c(=O)n2C1c1ccc(Cl)cc1. The van der Waals surface area contributed by atoms with Crippen molar-refractivity contribution in [2.45, 2.75) is 19.9 Å². The van der Waals surface area contributed by atoms with Crippen molar-refractivity contribution in [2.75, 3.05) is 6.61 Å². The van der Waals surface area contributed by atoms with Gasteiger partial charge in [0.25, 0.3) is 5.56 Å². The van der Waals surface area contributed by atoms with Gasteiger partial charge in [-0.15, -0.1) is 0 Å². The van der Waals surface area contributed by atoms with Crippen molar-refractivity contribution >= 4 is 46.6 Å². The second-order valence-corrected chi connectivity index (χ2v) is 9.95. The number of benzene rings is 2. The second kappa shape index (κ2) is 9.93. The minimum atomic E-state index is -0.696. The van der Waals surface area contributed by atoms with Crippen molar-refractivity contribution in [3.63, 3.8) is 0 Å². The van der Waals surface area contributed by atoms with Gasteiger partial charge in [0, 0.05) is 21.7 Å². The molecule has 0 fully saturated rings. The highest BCUT2D eigenvalue weighted by Gasteiger charge is 2.33. The number of nitrogens with zero attached hydrogens (tertiary/aromatic N) is 2. The summed E-state index contributed by atoms with van der Waals surface area (Å²) in [5.41, 5.74) is 2.10. The van der Waals surface area contributed by atoms with Crippen LogP contribution in [0.25, 0.3) is 17.4 Å². The minimum Gasteiger partial charge on any atom is -0.463 e. The Bertz CT molecular complexity index is 1680. The normalized spacial score (nSPS) is 15.6. The van der Waals surface area contributed by atoms with Gasteiger partial charge in [-0.2, -0.15) is 0 Å². The topological polar surface area (TPSA) is 73.8 Å². The predicted molar refractivity (Wildman–Crippen MR) is 141 cm³/mol. The second-order valence-electron chi connectivity index (χ2n) is 8.07. The molecule has 9 heteroatoms. The van der Waals surface area contributed by atoms with Gasteiger partial charge in [-0.05, 0) is 55.8 Å². The number of allylic oxidation sites excluding steroid dienone is 1. The molecule has 1 aliphatic heterocycles. The Hall–Kier alpha value is -3.39. The molecule has 4 aromatic rings. The number of carbonyl (C=O) groups is 1. The van der Waals surface area contributed by atoms with E-state index in [9.17, 15) is 9.59 Å². The van der Waals surface area contributed by atoms with E-state index in [1.165, 1.54) is 15.9 Å². The maximum Gasteiger partial charge on any atom is 0.338 e. The number of rotatable bonds is 5. The highest BCUT2D eigenvalue weighted by molar-refractivity contribution is 7.07. The molecule has 0 bridgehead atoms. The largest absolute Gasteiger partial charge is 0.463 e. The number of aromatic nitrogens is 1. The number of halogens is 2. The van der Waals surface area contributed by atoms with Gasteiger partial charge < -0.3 is 9.15 Å². The first-order chi connectivity index (χ1) is 17.4. The van der Waals surface area contributed by atoms with Crippen LogP contribution in [0.2, 0.25) is 10.0 Å². The molecular weight excluding hydrogens is 519 g/mol. The number of furan rings is 1. The van der Waals surface area contributed by atoms with Crippen LogP contribution in [0.1, 0.15) is 31.2 Å². The lowest BCUT2D eigenvalue weighted by Gasteiger charge is -2.24. The van der Waals surface area contributed by atoms with Crippen LogP contribution >= 0.6 is 34.5 Å². The molecule has 3 heterocycles. The summed E-state index contributed by atoms with van der Waals surface area (Å²) in [6.07, 6.45) is 1.68. The average molecular weight is 539 g/mol. The van der Waals surface area contributed by atoms with E-state index in [1.54, 1.807) is 56.3 Å². The number of ether oxygens (including phenoxy) is 1. The highest BCUT2D eigenvalue weighted by Crippen LogP contribution is 2.31. The number of carbonyl (C=O) groups excluding carboxylic acids is 1. The average Bonchev–Trinajstić information content (AvgIpc) is 3.43. The summed E-state index contributed by atoms with van der Waals surface area (Å²) in [6, 6.07) is 17.3. The zero-order valence-electron chi connectivity index (χ0n) is 19.3. The fourth-order valence-electron chi connectivity index (χ4n) is 4.11. The Morgan fingerprint density at radius 3 is 2.64 bits per heavy atom. The van der Waals surface area contributed by atoms with Gasteiger partial charge in [0.05, 0.1) is 28.5 Å². The molecule has 0 amide bonds. The van der Waals surface area contributed by atoms with E-state index in [0.717, 1.165) is 11.1 Å². The van der Waals surface area contributed by atoms with Crippen LogP contribution in [0, 0.1) is 0 Å². The van der Waals surface area contributed by atoms with Crippen molar-refractivity contribution in [3.05, 3.63) is 113 Å². The molecule has 0 aliphatic carbocycles. The molecule has 2 aromatic heterocycles. The standard InChI is InChI=1S/C27H20Cl2N2O4S/c1-3-34-26(33)23-15(2)30-27-31(24(23)16-7-9-18(28)10-8-16)25(32)22(36-27)14-20-11-12-21(35-20)17-5-4-6-19(29)13-17/h4-14,24H,3H2,1-2H3/b22-14+. The van der Waals surface area contributed by atoms with Gasteiger partial charge >= 0.3 is 5.97 Å². The Kier molecular flexibility index (Phi) is 6.71. The summed E-state index contributed by atoms with van der Waals surface area (Å²) in [6.45, 7) is 3.69. The molecule has 1 atom stereocenters. The summed E-state index contributed by atoms with van der Waals surface area (Å²) in [5, 5.41) is 1.16. The van der Waals surface area contributed by atoms with Gasteiger partial charge in [0.1, 0.15) is 11.5 Å². The van der Waals surface area contributed by atoms with E-state index in [1.807, 2.05) is 24.3 Å². The maximum atomic E-state index is 13.6. The third-order valence-corrected chi connectivity index (χ3v) is 7.18. The van der Waals surface area contributed by atoms with E-state index in [4.69, 9.17) is 32.4 Å². The Morgan fingerprint density at radius 1 is 1.14 bits per heavy atom. The van der Waals surface area contributed by atoms with E-state index < -0.39 is 12.0 Å². The number of hydrogen-bond acceptors (Lipinski definition) is 6. The van der Waals surface area contributed by atoms with E-state index >= 15 is 0 Å². The van der Waals surface area contributed by atoms with Crippen molar-refractivity contribution in [1.82, 2.24) is 4.57 Å². The first kappa shape index (κ1) is 24.3. The first-order valence-corrected chi connectivity index (χ1v) is 12.7. The summed E-state index contributed by atoms with van der Waals surface area (Å²) in [5.74, 6) is 0.640. The summed E-state index contributed by atoms with van der Waals surface area (Å²) < 4.78 is 13.2. The third kappa shape index (κ3) is 4.57. The van der Waals surface area contributed by atoms with Gasteiger partial charge in [0.2, 0.25) is 0 Å². The lowest BCUT2D eigenvalue weighted by molar-refractivity contribution is -0.139. The van der Waals surface area contributed by atoms with Crippen LogP contribution < -0.4 is 14.9 Å². The van der Waals surface area contributed by atoms with Crippen molar-refractivity contribution in [2.24, 2.45) is 4.99 Å². The van der Waals surface area contributed by atoms with E-state index in [2.05, 4.69) is 4.99 Å². The summed E-state index contributed by atoms with van der Waals surface area (Å²) in [4.78, 5) is 31.6. The molecule has 0 N–H and O–H groups in total. The monoisotopic (exact) mass is 538 g/mol. The fraction of sp³-hybridized carbons (Fsp3) is 0.148. The molecule has 6 nitrogen and oxygen atoms in total. The number of thiazole rings is 1. The van der Waals surface area contributed by atoms with E-state index in [-0.39, 0.29) is 12.2 Å². The molecule has 182 valence electrons. The van der Waals surface area contributed by atoms with Crippen molar-refractivity contribution in [1.29, 1.82) is 0 Å². The van der Waals surface area contributed by atoms with Gasteiger partial charge in [0.15, 0.2) is 4.80 Å². The fourth-order valence-corrected chi connectivity index (χ4v) is 5.45. The Balaban J connectivity index is 1.64. The lowest BCUT2D eigenvalue weighted by Crippen LogP contribution is -2.39. The Labute approximate surface area is 220 Å².